The van der Waals surface area contributed by atoms with Crippen molar-refractivity contribution in [2.75, 3.05) is 20.0 Å². The molecule has 0 aliphatic heterocycles. The quantitative estimate of drug-likeness (QED) is 0.437. The molecule has 1 heterocycles. The van der Waals surface area contributed by atoms with Crippen molar-refractivity contribution < 1.29 is 14.3 Å². The van der Waals surface area contributed by atoms with Crippen molar-refractivity contribution in [2.45, 2.75) is 38.5 Å². The normalized spacial score (nSPS) is 10.9. The summed E-state index contributed by atoms with van der Waals surface area (Å²) in [6.07, 6.45) is 0.964. The Labute approximate surface area is 193 Å². The van der Waals surface area contributed by atoms with E-state index in [-0.39, 0.29) is 5.91 Å². The number of benzene rings is 2. The van der Waals surface area contributed by atoms with Gasteiger partial charge in [-0.05, 0) is 36.1 Å². The minimum atomic E-state index is -0.205. The molecule has 8 heteroatoms. The van der Waals surface area contributed by atoms with E-state index in [1.807, 2.05) is 6.07 Å². The van der Waals surface area contributed by atoms with Crippen LogP contribution in [-0.4, -0.2) is 40.6 Å². The maximum atomic E-state index is 12.7. The van der Waals surface area contributed by atoms with E-state index < -0.39 is 0 Å². The van der Waals surface area contributed by atoms with E-state index in [1.54, 1.807) is 44.2 Å². The number of rotatable bonds is 11. The number of aryl methyl sites for hydroxylation is 1. The SMILES string of the molecule is COc1ccc(C(=O)NCc2nnc(SCCc3ccccc3)n2CC(C)C)cc1OC. The van der Waals surface area contributed by atoms with Crippen LogP contribution in [0.4, 0.5) is 0 Å². The number of carbonyl (C=O) groups excluding carboxylic acids is 1. The zero-order valence-electron chi connectivity index (χ0n) is 19.0. The van der Waals surface area contributed by atoms with Crippen molar-refractivity contribution in [3.8, 4) is 11.5 Å². The Bertz CT molecular complexity index is 1020. The van der Waals surface area contributed by atoms with Crippen LogP contribution in [0.5, 0.6) is 11.5 Å². The molecular formula is C24H30N4O3S. The van der Waals surface area contributed by atoms with E-state index in [1.165, 1.54) is 5.56 Å². The largest absolute Gasteiger partial charge is 0.493 e. The molecule has 0 unspecified atom stereocenters. The molecule has 3 rings (SSSR count). The summed E-state index contributed by atoms with van der Waals surface area (Å²) in [4.78, 5) is 12.7. The molecule has 0 bridgehead atoms. The fourth-order valence-electron chi connectivity index (χ4n) is 3.25. The van der Waals surface area contributed by atoms with Gasteiger partial charge in [0.15, 0.2) is 22.5 Å². The van der Waals surface area contributed by atoms with Gasteiger partial charge < -0.3 is 19.4 Å². The van der Waals surface area contributed by atoms with Crippen LogP contribution >= 0.6 is 11.8 Å². The zero-order valence-corrected chi connectivity index (χ0v) is 19.8. The lowest BCUT2D eigenvalue weighted by atomic mass is 10.2. The number of nitrogens with zero attached hydrogens (tertiary/aromatic N) is 3. The van der Waals surface area contributed by atoms with Crippen LogP contribution in [0.2, 0.25) is 0 Å². The summed E-state index contributed by atoms with van der Waals surface area (Å²) >= 11 is 1.69. The third-order valence-corrected chi connectivity index (χ3v) is 5.83. The maximum absolute atomic E-state index is 12.7. The van der Waals surface area contributed by atoms with E-state index in [4.69, 9.17) is 9.47 Å². The molecule has 0 spiro atoms. The summed E-state index contributed by atoms with van der Waals surface area (Å²) in [5, 5.41) is 12.6. The molecule has 0 fully saturated rings. The Balaban J connectivity index is 1.65. The lowest BCUT2D eigenvalue weighted by Crippen LogP contribution is -2.25. The van der Waals surface area contributed by atoms with Gasteiger partial charge in [0.2, 0.25) is 0 Å². The molecular weight excluding hydrogens is 424 g/mol. The third-order valence-electron chi connectivity index (χ3n) is 4.86. The summed E-state index contributed by atoms with van der Waals surface area (Å²) in [7, 11) is 3.11. The van der Waals surface area contributed by atoms with Gasteiger partial charge in [-0.15, -0.1) is 10.2 Å². The van der Waals surface area contributed by atoms with Gasteiger partial charge in [0.05, 0.1) is 20.8 Å². The molecule has 0 aliphatic rings. The number of carbonyl (C=O) groups is 1. The van der Waals surface area contributed by atoms with Gasteiger partial charge in [-0.25, -0.2) is 0 Å². The van der Waals surface area contributed by atoms with E-state index in [2.05, 4.69) is 58.2 Å². The van der Waals surface area contributed by atoms with Gasteiger partial charge in [0.25, 0.3) is 5.91 Å². The van der Waals surface area contributed by atoms with Gasteiger partial charge in [0, 0.05) is 17.9 Å². The zero-order chi connectivity index (χ0) is 22.9. The summed E-state index contributed by atoms with van der Waals surface area (Å²) in [6.45, 7) is 5.41. The number of hydrogen-bond acceptors (Lipinski definition) is 6. The standard InChI is InChI=1S/C24H30N4O3S/c1-17(2)16-28-22(26-27-24(28)32-13-12-18-8-6-5-7-9-18)15-25-23(29)19-10-11-20(30-3)21(14-19)31-4/h5-11,14,17H,12-13,15-16H2,1-4H3,(H,25,29). The number of thioether (sulfide) groups is 1. The molecule has 2 aromatic carbocycles. The van der Waals surface area contributed by atoms with Crippen molar-refractivity contribution in [2.24, 2.45) is 5.92 Å². The number of nitrogens with one attached hydrogen (secondary N) is 1. The first kappa shape index (κ1) is 23.7. The molecule has 0 atom stereocenters. The van der Waals surface area contributed by atoms with Gasteiger partial charge in [-0.1, -0.05) is 55.9 Å². The first-order valence-corrected chi connectivity index (χ1v) is 11.6. The Morgan fingerprint density at radius 2 is 1.81 bits per heavy atom. The number of amides is 1. The lowest BCUT2D eigenvalue weighted by Gasteiger charge is -2.13. The highest BCUT2D eigenvalue weighted by Crippen LogP contribution is 2.27. The molecule has 0 radical (unpaired) electrons. The summed E-state index contributed by atoms with van der Waals surface area (Å²) in [5.41, 5.74) is 1.80. The number of ether oxygens (including phenoxy) is 2. The van der Waals surface area contributed by atoms with Crippen LogP contribution in [0.15, 0.2) is 53.7 Å². The second-order valence-corrected chi connectivity index (χ2v) is 8.80. The molecule has 1 N–H and O–H groups in total. The Hall–Kier alpha value is -3.00. The fourth-order valence-corrected chi connectivity index (χ4v) is 4.20. The van der Waals surface area contributed by atoms with E-state index in [0.717, 1.165) is 29.7 Å². The molecule has 0 aliphatic carbocycles. The molecule has 1 aromatic heterocycles. The van der Waals surface area contributed by atoms with Crippen molar-refractivity contribution in [3.05, 3.63) is 65.5 Å². The summed E-state index contributed by atoms with van der Waals surface area (Å²) in [6, 6.07) is 15.5. The summed E-state index contributed by atoms with van der Waals surface area (Å²) < 4.78 is 12.6. The number of aromatic nitrogens is 3. The average Bonchev–Trinajstić information content (AvgIpc) is 3.18. The average molecular weight is 455 g/mol. The van der Waals surface area contributed by atoms with E-state index in [9.17, 15) is 4.79 Å². The Morgan fingerprint density at radius 3 is 2.50 bits per heavy atom. The fraction of sp³-hybridized carbons (Fsp3) is 0.375. The highest BCUT2D eigenvalue weighted by molar-refractivity contribution is 7.99. The van der Waals surface area contributed by atoms with Crippen molar-refractivity contribution in [1.29, 1.82) is 0 Å². The monoisotopic (exact) mass is 454 g/mol. The molecule has 0 saturated carbocycles. The van der Waals surface area contributed by atoms with Gasteiger partial charge in [0.1, 0.15) is 0 Å². The minimum Gasteiger partial charge on any atom is -0.493 e. The van der Waals surface area contributed by atoms with Crippen molar-refractivity contribution in [3.63, 3.8) is 0 Å². The van der Waals surface area contributed by atoms with Crippen LogP contribution in [0.1, 0.15) is 35.6 Å². The predicted molar refractivity (Wildman–Crippen MR) is 126 cm³/mol. The number of hydrogen-bond donors (Lipinski definition) is 1. The molecule has 170 valence electrons. The second-order valence-electron chi connectivity index (χ2n) is 7.74. The lowest BCUT2D eigenvalue weighted by molar-refractivity contribution is 0.0949. The topological polar surface area (TPSA) is 78.3 Å². The van der Waals surface area contributed by atoms with Gasteiger partial charge in [-0.3, -0.25) is 4.79 Å². The predicted octanol–water partition coefficient (Wildman–Crippen LogP) is 4.22. The van der Waals surface area contributed by atoms with E-state index in [0.29, 0.717) is 29.5 Å². The van der Waals surface area contributed by atoms with Crippen molar-refractivity contribution in [1.82, 2.24) is 20.1 Å². The summed E-state index contributed by atoms with van der Waals surface area (Å²) in [5.74, 6) is 2.98. The minimum absolute atomic E-state index is 0.205. The number of methoxy groups -OCH3 is 2. The molecule has 3 aromatic rings. The van der Waals surface area contributed by atoms with Gasteiger partial charge >= 0.3 is 0 Å². The van der Waals surface area contributed by atoms with Crippen LogP contribution in [0.25, 0.3) is 0 Å². The molecule has 0 saturated heterocycles. The Kier molecular flexibility index (Phi) is 8.56. The third kappa shape index (κ3) is 6.26. The first-order valence-electron chi connectivity index (χ1n) is 10.6. The Morgan fingerprint density at radius 1 is 1.06 bits per heavy atom. The second kappa shape index (κ2) is 11.6. The highest BCUT2D eigenvalue weighted by Gasteiger charge is 2.16. The molecule has 1 amide bonds. The van der Waals surface area contributed by atoms with Crippen LogP contribution in [0.3, 0.4) is 0 Å². The highest BCUT2D eigenvalue weighted by atomic mass is 32.2. The van der Waals surface area contributed by atoms with Crippen LogP contribution in [-0.2, 0) is 19.5 Å². The molecule has 7 nitrogen and oxygen atoms in total. The first-order chi connectivity index (χ1) is 15.5. The van der Waals surface area contributed by atoms with Gasteiger partial charge in [-0.2, -0.15) is 0 Å². The van der Waals surface area contributed by atoms with Crippen molar-refractivity contribution >= 4 is 17.7 Å². The maximum Gasteiger partial charge on any atom is 0.251 e. The van der Waals surface area contributed by atoms with Crippen LogP contribution < -0.4 is 14.8 Å². The van der Waals surface area contributed by atoms with Crippen LogP contribution in [0, 0.1) is 5.92 Å². The van der Waals surface area contributed by atoms with E-state index >= 15 is 0 Å². The molecule has 32 heavy (non-hydrogen) atoms. The smallest absolute Gasteiger partial charge is 0.251 e.